The van der Waals surface area contributed by atoms with Gasteiger partial charge in [-0.2, -0.15) is 5.10 Å². The highest BCUT2D eigenvalue weighted by Crippen LogP contribution is 2.28. The van der Waals surface area contributed by atoms with E-state index in [2.05, 4.69) is 51.4 Å². The van der Waals surface area contributed by atoms with Crippen molar-refractivity contribution in [2.24, 2.45) is 0 Å². The van der Waals surface area contributed by atoms with Gasteiger partial charge >= 0.3 is 0 Å². The average Bonchev–Trinajstić information content (AvgIpc) is 2.97. The summed E-state index contributed by atoms with van der Waals surface area (Å²) in [6.07, 6.45) is 1.52. The molecule has 0 spiro atoms. The van der Waals surface area contributed by atoms with Crippen molar-refractivity contribution in [2.75, 3.05) is 28.3 Å². The Labute approximate surface area is 157 Å². The molecule has 0 radical (unpaired) electrons. The minimum absolute atomic E-state index is 0.107. The van der Waals surface area contributed by atoms with Crippen molar-refractivity contribution in [3.63, 3.8) is 0 Å². The largest absolute Gasteiger partial charge is 0.493 e. The summed E-state index contributed by atoms with van der Waals surface area (Å²) in [4.78, 5) is 7.05. The average molecular weight is 361 g/mol. The van der Waals surface area contributed by atoms with Crippen LogP contribution in [0.15, 0.2) is 18.2 Å². The lowest BCUT2D eigenvalue weighted by Crippen LogP contribution is -2.31. The minimum Gasteiger partial charge on any atom is -0.493 e. The molecule has 0 aliphatic carbocycles. The summed E-state index contributed by atoms with van der Waals surface area (Å²) in [6.45, 7) is 8.68. The lowest BCUT2D eigenvalue weighted by Gasteiger charge is -2.24. The Bertz CT molecular complexity index is 732. The molecule has 0 unspecified atom stereocenters. The molecule has 1 aromatic carbocycles. The van der Waals surface area contributed by atoms with Gasteiger partial charge in [0.2, 0.25) is 0 Å². The zero-order chi connectivity index (χ0) is 19.5. The molecule has 0 saturated carbocycles. The normalized spacial score (nSPS) is 13.1. The Morgan fingerprint density at radius 3 is 2.31 bits per heavy atom. The molecule has 1 aromatic heterocycles. The van der Waals surface area contributed by atoms with Crippen LogP contribution in [-0.2, 0) is 18.4 Å². The van der Waals surface area contributed by atoms with Gasteiger partial charge in [0, 0.05) is 18.9 Å². The molecule has 6 nitrogen and oxygen atoms in total. The van der Waals surface area contributed by atoms with Crippen LogP contribution < -0.4 is 9.47 Å². The van der Waals surface area contributed by atoms with Crippen LogP contribution >= 0.6 is 0 Å². The fraction of sp³-hybridized carbons (Fsp3) is 0.600. The van der Waals surface area contributed by atoms with Crippen LogP contribution in [0.4, 0.5) is 0 Å². The number of benzene rings is 1. The van der Waals surface area contributed by atoms with Gasteiger partial charge in [0.15, 0.2) is 17.3 Å². The minimum atomic E-state index is -0.107. The van der Waals surface area contributed by atoms with E-state index in [1.54, 1.807) is 14.2 Å². The highest BCUT2D eigenvalue weighted by atomic mass is 16.5. The Kier molecular flexibility index (Phi) is 6.29. The molecule has 0 aliphatic rings. The second-order valence-corrected chi connectivity index (χ2v) is 7.91. The number of hydrogen-bond acceptors (Lipinski definition) is 5. The van der Waals surface area contributed by atoms with E-state index < -0.39 is 0 Å². The van der Waals surface area contributed by atoms with Crippen molar-refractivity contribution < 1.29 is 9.47 Å². The zero-order valence-electron chi connectivity index (χ0n) is 17.3. The smallest absolute Gasteiger partial charge is 0.161 e. The molecule has 2 rings (SSSR count). The van der Waals surface area contributed by atoms with Crippen molar-refractivity contribution >= 4 is 0 Å². The Morgan fingerprint density at radius 2 is 1.77 bits per heavy atom. The predicted octanol–water partition coefficient (Wildman–Crippen LogP) is 3.13. The standard InChI is InChI=1S/C20H32N4O2/c1-14(23(5)6)11-19-21-18(22-24(19)20(2,3)4)13-15-9-10-16(25-7)17(12-15)26-8/h9-10,12,14H,11,13H2,1-8H3/t14-/m0/s1. The molecule has 0 fully saturated rings. The number of rotatable bonds is 7. The second-order valence-electron chi connectivity index (χ2n) is 7.91. The fourth-order valence-electron chi connectivity index (χ4n) is 2.76. The van der Waals surface area contributed by atoms with E-state index in [4.69, 9.17) is 19.6 Å². The molecule has 0 N–H and O–H groups in total. The van der Waals surface area contributed by atoms with Gasteiger partial charge < -0.3 is 14.4 Å². The van der Waals surface area contributed by atoms with Crippen LogP contribution in [0.3, 0.4) is 0 Å². The molecular formula is C20H32N4O2. The number of methoxy groups -OCH3 is 2. The highest BCUT2D eigenvalue weighted by molar-refractivity contribution is 5.43. The van der Waals surface area contributed by atoms with Crippen LogP contribution in [0.5, 0.6) is 11.5 Å². The first-order valence-electron chi connectivity index (χ1n) is 8.98. The molecule has 0 bridgehead atoms. The van der Waals surface area contributed by atoms with Crippen LogP contribution in [0.2, 0.25) is 0 Å². The van der Waals surface area contributed by atoms with E-state index >= 15 is 0 Å². The zero-order valence-corrected chi connectivity index (χ0v) is 17.3. The molecular weight excluding hydrogens is 328 g/mol. The van der Waals surface area contributed by atoms with Gasteiger partial charge in [-0.15, -0.1) is 0 Å². The van der Waals surface area contributed by atoms with E-state index in [0.29, 0.717) is 12.5 Å². The topological polar surface area (TPSA) is 52.4 Å². The lowest BCUT2D eigenvalue weighted by molar-refractivity contribution is 0.287. The first-order valence-corrected chi connectivity index (χ1v) is 8.98. The van der Waals surface area contributed by atoms with Crippen molar-refractivity contribution in [2.45, 2.75) is 52.1 Å². The quantitative estimate of drug-likeness (QED) is 0.759. The second kappa shape index (κ2) is 8.08. The summed E-state index contributed by atoms with van der Waals surface area (Å²) in [5.74, 6) is 3.30. The molecule has 144 valence electrons. The first-order chi connectivity index (χ1) is 12.2. The van der Waals surface area contributed by atoms with E-state index in [9.17, 15) is 0 Å². The van der Waals surface area contributed by atoms with Gasteiger partial charge in [-0.25, -0.2) is 9.67 Å². The summed E-state index contributed by atoms with van der Waals surface area (Å²) < 4.78 is 12.8. The maximum Gasteiger partial charge on any atom is 0.161 e. The van der Waals surface area contributed by atoms with E-state index in [1.807, 2.05) is 18.2 Å². The van der Waals surface area contributed by atoms with Gasteiger partial charge in [0.1, 0.15) is 5.82 Å². The maximum absolute atomic E-state index is 5.40. The maximum atomic E-state index is 5.40. The first kappa shape index (κ1) is 20.2. The van der Waals surface area contributed by atoms with E-state index in [-0.39, 0.29) is 5.54 Å². The Hall–Kier alpha value is -2.08. The molecule has 0 amide bonds. The van der Waals surface area contributed by atoms with Gasteiger partial charge in [-0.1, -0.05) is 6.07 Å². The third-order valence-electron chi connectivity index (χ3n) is 4.52. The number of hydrogen-bond donors (Lipinski definition) is 0. The predicted molar refractivity (Wildman–Crippen MR) is 104 cm³/mol. The fourth-order valence-corrected chi connectivity index (χ4v) is 2.76. The molecule has 0 aliphatic heterocycles. The van der Waals surface area contributed by atoms with E-state index in [0.717, 1.165) is 35.1 Å². The third kappa shape index (κ3) is 4.75. The van der Waals surface area contributed by atoms with Crippen molar-refractivity contribution in [1.82, 2.24) is 19.7 Å². The summed E-state index contributed by atoms with van der Waals surface area (Å²) in [5.41, 5.74) is 0.991. The number of ether oxygens (including phenoxy) is 2. The van der Waals surface area contributed by atoms with E-state index in [1.165, 1.54) is 0 Å². The molecule has 2 aromatic rings. The number of likely N-dealkylation sites (N-methyl/N-ethyl adjacent to an activating group) is 1. The molecule has 6 heteroatoms. The highest BCUT2D eigenvalue weighted by Gasteiger charge is 2.23. The summed E-state index contributed by atoms with van der Waals surface area (Å²) in [6, 6.07) is 6.33. The summed E-state index contributed by atoms with van der Waals surface area (Å²) in [7, 11) is 7.47. The number of aromatic nitrogens is 3. The number of nitrogens with zero attached hydrogens (tertiary/aromatic N) is 4. The van der Waals surface area contributed by atoms with Gasteiger partial charge in [-0.3, -0.25) is 0 Å². The van der Waals surface area contributed by atoms with Crippen molar-refractivity contribution in [3.05, 3.63) is 35.4 Å². The Morgan fingerprint density at radius 1 is 1.12 bits per heavy atom. The SMILES string of the molecule is COc1ccc(Cc2nc(C[C@H](C)N(C)C)n(C(C)(C)C)n2)cc1OC. The molecule has 26 heavy (non-hydrogen) atoms. The monoisotopic (exact) mass is 360 g/mol. The third-order valence-corrected chi connectivity index (χ3v) is 4.52. The van der Waals surface area contributed by atoms with Crippen LogP contribution in [0, 0.1) is 0 Å². The Balaban J connectivity index is 2.31. The van der Waals surface area contributed by atoms with Crippen molar-refractivity contribution in [3.8, 4) is 11.5 Å². The molecule has 1 heterocycles. The summed E-state index contributed by atoms with van der Waals surface area (Å²) >= 11 is 0. The van der Waals surface area contributed by atoms with Crippen LogP contribution in [0.25, 0.3) is 0 Å². The van der Waals surface area contributed by atoms with Crippen molar-refractivity contribution in [1.29, 1.82) is 0 Å². The van der Waals surface area contributed by atoms with Crippen LogP contribution in [-0.4, -0.2) is 54.0 Å². The van der Waals surface area contributed by atoms with Gasteiger partial charge in [-0.05, 0) is 59.5 Å². The lowest BCUT2D eigenvalue weighted by atomic mass is 10.1. The summed E-state index contributed by atoms with van der Waals surface area (Å²) in [5, 5.41) is 4.80. The molecule has 1 atom stereocenters. The van der Waals surface area contributed by atoms with Gasteiger partial charge in [0.05, 0.1) is 19.8 Å². The van der Waals surface area contributed by atoms with Crippen LogP contribution in [0.1, 0.15) is 44.9 Å². The molecule has 0 saturated heterocycles. The van der Waals surface area contributed by atoms with Gasteiger partial charge in [0.25, 0.3) is 0 Å².